The van der Waals surface area contributed by atoms with Crippen molar-refractivity contribution in [3.05, 3.63) is 0 Å². The first-order chi connectivity index (χ1) is 9.39. The first-order valence-corrected chi connectivity index (χ1v) is 7.68. The van der Waals surface area contributed by atoms with Crippen LogP contribution in [-0.4, -0.2) is 34.8 Å². The summed E-state index contributed by atoms with van der Waals surface area (Å²) in [6.07, 6.45) is 3.64. The van der Waals surface area contributed by atoms with E-state index in [0.29, 0.717) is 32.4 Å². The Hall–Kier alpha value is -1.17. The summed E-state index contributed by atoms with van der Waals surface area (Å²) < 4.78 is 0. The van der Waals surface area contributed by atoms with E-state index < -0.39 is 5.41 Å². The Bertz CT molecular complexity index is 392. The van der Waals surface area contributed by atoms with Crippen LogP contribution < -0.4 is 11.5 Å². The third-order valence-corrected chi connectivity index (χ3v) is 4.50. The lowest BCUT2D eigenvalue weighted by Crippen LogP contribution is -2.50. The van der Waals surface area contributed by atoms with Gasteiger partial charge in [-0.25, -0.2) is 0 Å². The first kappa shape index (κ1) is 16.9. The highest BCUT2D eigenvalue weighted by molar-refractivity contribution is 7.80. The molecule has 0 aromatic heterocycles. The lowest BCUT2D eigenvalue weighted by molar-refractivity contribution is -0.138. The Balaban J connectivity index is 2.94. The van der Waals surface area contributed by atoms with Crippen molar-refractivity contribution in [2.24, 2.45) is 22.8 Å². The first-order valence-electron chi connectivity index (χ1n) is 7.27. The van der Waals surface area contributed by atoms with Crippen molar-refractivity contribution in [1.82, 2.24) is 4.90 Å². The summed E-state index contributed by atoms with van der Waals surface area (Å²) in [7, 11) is 0. The molecule has 5 nitrogen and oxygen atoms in total. The van der Waals surface area contributed by atoms with Gasteiger partial charge >= 0.3 is 0 Å². The molecule has 0 aliphatic carbocycles. The number of amides is 2. The van der Waals surface area contributed by atoms with Crippen LogP contribution in [-0.2, 0) is 9.59 Å². The number of rotatable bonds is 7. The van der Waals surface area contributed by atoms with Gasteiger partial charge in [0, 0.05) is 13.1 Å². The van der Waals surface area contributed by atoms with Gasteiger partial charge in [0.05, 0.1) is 16.3 Å². The van der Waals surface area contributed by atoms with Gasteiger partial charge in [0.15, 0.2) is 0 Å². The summed E-state index contributed by atoms with van der Waals surface area (Å²) in [5.41, 5.74) is 10.5. The predicted molar refractivity (Wildman–Crippen MR) is 82.9 cm³/mol. The van der Waals surface area contributed by atoms with Crippen LogP contribution in [0.5, 0.6) is 0 Å². The van der Waals surface area contributed by atoms with Gasteiger partial charge in [-0.15, -0.1) is 0 Å². The average Bonchev–Trinajstić information content (AvgIpc) is 2.86. The lowest BCUT2D eigenvalue weighted by Gasteiger charge is -2.35. The molecule has 1 unspecified atom stereocenters. The van der Waals surface area contributed by atoms with E-state index in [0.717, 1.165) is 12.8 Å². The van der Waals surface area contributed by atoms with Crippen molar-refractivity contribution in [1.29, 1.82) is 0 Å². The molecule has 0 radical (unpaired) electrons. The van der Waals surface area contributed by atoms with Crippen LogP contribution in [0.3, 0.4) is 0 Å². The topological polar surface area (TPSA) is 89.4 Å². The monoisotopic (exact) mass is 299 g/mol. The maximum Gasteiger partial charge on any atom is 0.235 e. The van der Waals surface area contributed by atoms with E-state index in [2.05, 4.69) is 0 Å². The highest BCUT2D eigenvalue weighted by Gasteiger charge is 2.44. The quantitative estimate of drug-likeness (QED) is 0.691. The molecular weight excluding hydrogens is 274 g/mol. The van der Waals surface area contributed by atoms with E-state index in [1.807, 2.05) is 13.8 Å². The normalized spacial score (nSPS) is 19.1. The smallest absolute Gasteiger partial charge is 0.235 e. The maximum atomic E-state index is 12.9. The third-order valence-electron chi connectivity index (χ3n) is 4.11. The molecule has 1 rings (SSSR count). The number of hydrogen-bond donors (Lipinski definition) is 2. The van der Waals surface area contributed by atoms with Crippen molar-refractivity contribution >= 4 is 29.0 Å². The van der Waals surface area contributed by atoms with Gasteiger partial charge < -0.3 is 16.4 Å². The summed E-state index contributed by atoms with van der Waals surface area (Å²) in [5.74, 6) is -0.615. The molecule has 1 aliphatic rings. The molecule has 0 saturated carbocycles. The Morgan fingerprint density at radius 2 is 1.80 bits per heavy atom. The number of carbonyl (C=O) groups is 2. The Labute approximate surface area is 126 Å². The van der Waals surface area contributed by atoms with E-state index in [-0.39, 0.29) is 22.7 Å². The molecule has 0 spiro atoms. The molecule has 0 aromatic carbocycles. The summed E-state index contributed by atoms with van der Waals surface area (Å²) in [5, 5.41) is 0. The van der Waals surface area contributed by atoms with E-state index >= 15 is 0 Å². The molecule has 1 saturated heterocycles. The molecule has 6 heteroatoms. The van der Waals surface area contributed by atoms with Crippen molar-refractivity contribution in [3.8, 4) is 0 Å². The van der Waals surface area contributed by atoms with Crippen LogP contribution in [0.4, 0.5) is 0 Å². The minimum atomic E-state index is -0.759. The largest absolute Gasteiger partial charge is 0.392 e. The molecular formula is C14H25N3O2S. The number of hydrogen-bond acceptors (Lipinski definition) is 3. The van der Waals surface area contributed by atoms with Crippen LogP contribution in [0.25, 0.3) is 0 Å². The summed E-state index contributed by atoms with van der Waals surface area (Å²) in [6, 6.07) is 0. The predicted octanol–water partition coefficient (Wildman–Crippen LogP) is 1.19. The number of likely N-dealkylation sites (tertiary alicyclic amines) is 1. The van der Waals surface area contributed by atoms with Crippen LogP contribution in [0.15, 0.2) is 0 Å². The van der Waals surface area contributed by atoms with Crippen LogP contribution in [0, 0.1) is 11.3 Å². The molecule has 0 aromatic rings. The highest BCUT2D eigenvalue weighted by Crippen LogP contribution is 2.34. The summed E-state index contributed by atoms with van der Waals surface area (Å²) in [6.45, 7) is 4.99. The molecule has 1 heterocycles. The second-order valence-electron chi connectivity index (χ2n) is 5.59. The molecule has 1 aliphatic heterocycles. The van der Waals surface area contributed by atoms with Gasteiger partial charge in [0.25, 0.3) is 0 Å². The van der Waals surface area contributed by atoms with Crippen molar-refractivity contribution in [2.75, 3.05) is 13.1 Å². The molecule has 1 atom stereocenters. The summed E-state index contributed by atoms with van der Waals surface area (Å²) >= 11 is 5.19. The standard InChI is InChI=1S/C14H25N3O2S/c1-3-6-14(7-4-2,12(16)20)13(19)17-8-5-10(9-17)11(15)18/h10H,3-9H2,1-2H3,(H2,15,18)(H2,16,20). The van der Waals surface area contributed by atoms with E-state index in [1.165, 1.54) is 0 Å². The number of nitrogens with zero attached hydrogens (tertiary/aromatic N) is 1. The van der Waals surface area contributed by atoms with Gasteiger partial charge in [-0.2, -0.15) is 0 Å². The molecule has 2 amide bonds. The fourth-order valence-corrected chi connectivity index (χ4v) is 3.32. The Kier molecular flexibility index (Phi) is 5.92. The molecule has 4 N–H and O–H groups in total. The molecule has 114 valence electrons. The lowest BCUT2D eigenvalue weighted by atomic mass is 9.77. The number of nitrogens with two attached hydrogens (primary N) is 2. The SMILES string of the molecule is CCCC(CCC)(C(=O)N1CCC(C(N)=O)C1)C(N)=S. The fraction of sp³-hybridized carbons (Fsp3) is 0.786. The Morgan fingerprint density at radius 1 is 1.25 bits per heavy atom. The minimum absolute atomic E-state index is 0.0301. The van der Waals surface area contributed by atoms with Gasteiger partial charge in [-0.1, -0.05) is 38.9 Å². The van der Waals surface area contributed by atoms with Gasteiger partial charge in [-0.3, -0.25) is 9.59 Å². The van der Waals surface area contributed by atoms with Crippen molar-refractivity contribution in [3.63, 3.8) is 0 Å². The van der Waals surface area contributed by atoms with E-state index in [1.54, 1.807) is 4.90 Å². The van der Waals surface area contributed by atoms with E-state index in [9.17, 15) is 9.59 Å². The van der Waals surface area contributed by atoms with Crippen LogP contribution in [0.2, 0.25) is 0 Å². The van der Waals surface area contributed by atoms with Crippen LogP contribution in [0.1, 0.15) is 46.0 Å². The van der Waals surface area contributed by atoms with Gasteiger partial charge in [0.1, 0.15) is 0 Å². The third kappa shape index (κ3) is 3.29. The molecule has 1 fully saturated rings. The zero-order chi connectivity index (χ0) is 15.3. The average molecular weight is 299 g/mol. The second kappa shape index (κ2) is 7.02. The van der Waals surface area contributed by atoms with Crippen LogP contribution >= 0.6 is 12.2 Å². The number of primary amides is 1. The van der Waals surface area contributed by atoms with Crippen molar-refractivity contribution < 1.29 is 9.59 Å². The highest BCUT2D eigenvalue weighted by atomic mass is 32.1. The van der Waals surface area contributed by atoms with E-state index in [4.69, 9.17) is 23.7 Å². The fourth-order valence-electron chi connectivity index (χ4n) is 3.02. The minimum Gasteiger partial charge on any atom is -0.392 e. The van der Waals surface area contributed by atoms with Crippen molar-refractivity contribution in [2.45, 2.75) is 46.0 Å². The Morgan fingerprint density at radius 3 is 2.15 bits per heavy atom. The second-order valence-corrected chi connectivity index (χ2v) is 6.03. The molecule has 0 bridgehead atoms. The van der Waals surface area contributed by atoms with Gasteiger partial charge in [-0.05, 0) is 19.3 Å². The summed E-state index contributed by atoms with van der Waals surface area (Å²) in [4.78, 5) is 26.1. The zero-order valence-corrected chi connectivity index (χ0v) is 13.2. The zero-order valence-electron chi connectivity index (χ0n) is 12.4. The molecule has 20 heavy (non-hydrogen) atoms. The number of thiocarbonyl (C=S) groups is 1. The number of carbonyl (C=O) groups excluding carboxylic acids is 2. The van der Waals surface area contributed by atoms with Gasteiger partial charge in [0.2, 0.25) is 11.8 Å². The maximum absolute atomic E-state index is 12.9.